The average Bonchev–Trinajstić information content (AvgIpc) is 2.65. The van der Waals surface area contributed by atoms with Crippen molar-refractivity contribution in [2.75, 3.05) is 0 Å². The Kier molecular flexibility index (Phi) is 59.6. The third-order valence-electron chi connectivity index (χ3n) is 3.96. The van der Waals surface area contributed by atoms with E-state index in [2.05, 4.69) is 4.74 Å². The number of carbonyl (C=O) groups excluding carboxylic acids is 4. The number of carboxylic acid groups (broad SMARTS) is 2. The SMILES string of the molecule is C.C.C.C.C.C.C.C.CCCC1C(=O)OC(=O)C1CCC(C(=O)[O-])C(C)C(=O)[O-].[Li+].[Li+]. The van der Waals surface area contributed by atoms with E-state index in [0.717, 1.165) is 0 Å². The Morgan fingerprint density at radius 3 is 1.45 bits per heavy atom. The molecule has 0 radical (unpaired) electrons. The number of hydrogen-bond donors (Lipinski definition) is 0. The summed E-state index contributed by atoms with van der Waals surface area (Å²) in [5.41, 5.74) is 0. The minimum Gasteiger partial charge on any atom is -0.550 e. The van der Waals surface area contributed by atoms with Gasteiger partial charge in [0, 0.05) is 23.8 Å². The van der Waals surface area contributed by atoms with Crippen molar-refractivity contribution in [1.29, 1.82) is 0 Å². The quantitative estimate of drug-likeness (QED) is 0.237. The van der Waals surface area contributed by atoms with Gasteiger partial charge in [0.2, 0.25) is 0 Å². The first-order valence-corrected chi connectivity index (χ1v) is 6.96. The summed E-state index contributed by atoms with van der Waals surface area (Å²) < 4.78 is 4.57. The van der Waals surface area contributed by atoms with Crippen LogP contribution in [-0.4, -0.2) is 23.9 Å². The summed E-state index contributed by atoms with van der Waals surface area (Å²) in [5.74, 6) is -8.04. The molecule has 182 valence electrons. The smallest absolute Gasteiger partial charge is 0.550 e. The molecule has 0 aliphatic carbocycles. The molecule has 1 heterocycles. The van der Waals surface area contributed by atoms with Gasteiger partial charge in [-0.2, -0.15) is 0 Å². The van der Waals surface area contributed by atoms with Gasteiger partial charge in [0.25, 0.3) is 0 Å². The molecule has 0 aromatic rings. The van der Waals surface area contributed by atoms with E-state index in [-0.39, 0.29) is 110 Å². The van der Waals surface area contributed by atoms with Gasteiger partial charge in [0.15, 0.2) is 0 Å². The van der Waals surface area contributed by atoms with Crippen molar-refractivity contribution in [1.82, 2.24) is 0 Å². The molecule has 0 aromatic heterocycles. The normalized spacial score (nSPS) is 16.6. The van der Waals surface area contributed by atoms with Crippen molar-refractivity contribution in [3.05, 3.63) is 0 Å². The van der Waals surface area contributed by atoms with Gasteiger partial charge in [0.1, 0.15) is 0 Å². The van der Waals surface area contributed by atoms with Gasteiger partial charge in [-0.15, -0.1) is 0 Å². The summed E-state index contributed by atoms with van der Waals surface area (Å²) in [6.07, 6.45) is 1.15. The van der Waals surface area contributed by atoms with Crippen LogP contribution in [0.2, 0.25) is 0 Å². The number of ether oxygens (including phenoxy) is 1. The van der Waals surface area contributed by atoms with Crippen molar-refractivity contribution in [2.45, 2.75) is 98.9 Å². The Morgan fingerprint density at radius 1 is 0.806 bits per heavy atom. The maximum absolute atomic E-state index is 11.6. The van der Waals surface area contributed by atoms with E-state index >= 15 is 0 Å². The van der Waals surface area contributed by atoms with Gasteiger partial charge < -0.3 is 24.5 Å². The molecule has 4 unspecified atom stereocenters. The zero-order valence-electron chi connectivity index (χ0n) is 14.0. The van der Waals surface area contributed by atoms with Crippen LogP contribution in [0.15, 0.2) is 0 Å². The molecule has 0 N–H and O–H groups in total. The predicted molar refractivity (Wildman–Crippen MR) is 119 cm³/mol. The molecule has 1 aliphatic heterocycles. The van der Waals surface area contributed by atoms with E-state index in [1.165, 1.54) is 6.92 Å². The fraction of sp³-hybridized carbons (Fsp3) is 0.818. The summed E-state index contributed by atoms with van der Waals surface area (Å²) in [7, 11) is 0. The van der Waals surface area contributed by atoms with Gasteiger partial charge in [-0.25, -0.2) is 0 Å². The van der Waals surface area contributed by atoms with Crippen LogP contribution in [0, 0.1) is 23.7 Å². The van der Waals surface area contributed by atoms with Crippen molar-refractivity contribution in [3.8, 4) is 0 Å². The van der Waals surface area contributed by atoms with Crippen LogP contribution in [-0.2, 0) is 23.9 Å². The van der Waals surface area contributed by atoms with Crippen molar-refractivity contribution in [2.24, 2.45) is 23.7 Å². The van der Waals surface area contributed by atoms with E-state index in [0.29, 0.717) is 12.8 Å². The number of aliphatic carboxylic acids is 2. The number of cyclic esters (lactones) is 2. The zero-order valence-corrected chi connectivity index (χ0v) is 14.0. The predicted octanol–water partition coefficient (Wildman–Crippen LogP) is -2.27. The monoisotopic (exact) mass is 440 g/mol. The molecule has 1 aliphatic rings. The molecule has 31 heavy (non-hydrogen) atoms. The number of carboxylic acids is 2. The molecule has 0 bridgehead atoms. The molecule has 1 saturated heterocycles. The van der Waals surface area contributed by atoms with Gasteiger partial charge >= 0.3 is 49.7 Å². The molecule has 7 nitrogen and oxygen atoms in total. The summed E-state index contributed by atoms with van der Waals surface area (Å²) in [6, 6.07) is 0. The van der Waals surface area contributed by atoms with E-state index in [1.54, 1.807) is 0 Å². The summed E-state index contributed by atoms with van der Waals surface area (Å²) in [6.45, 7) is 3.08. The second kappa shape index (κ2) is 29.3. The van der Waals surface area contributed by atoms with Crippen LogP contribution >= 0.6 is 0 Å². The molecule has 4 atom stereocenters. The van der Waals surface area contributed by atoms with Gasteiger partial charge in [-0.3, -0.25) is 9.59 Å². The van der Waals surface area contributed by atoms with Crippen molar-refractivity contribution in [3.63, 3.8) is 0 Å². The maximum atomic E-state index is 11.6. The Morgan fingerprint density at radius 2 is 1.16 bits per heavy atom. The number of hydrogen-bond acceptors (Lipinski definition) is 7. The Hall–Kier alpha value is -0.725. The second-order valence-electron chi connectivity index (χ2n) is 5.35. The van der Waals surface area contributed by atoms with Crippen molar-refractivity contribution < 1.29 is 71.8 Å². The average molecular weight is 441 g/mol. The largest absolute Gasteiger partial charge is 1.00 e. The molecule has 0 aromatic carbocycles. The summed E-state index contributed by atoms with van der Waals surface area (Å²) >= 11 is 0. The Balaban J connectivity index is -0.0000000551. The Bertz CT molecular complexity index is 457. The fourth-order valence-electron chi connectivity index (χ4n) is 2.62. The molecule has 0 amide bonds. The first kappa shape index (κ1) is 63.1. The zero-order chi connectivity index (χ0) is 16.2. The minimum absolute atomic E-state index is 0. The van der Waals surface area contributed by atoms with Crippen LogP contribution < -0.4 is 47.9 Å². The van der Waals surface area contributed by atoms with Crippen LogP contribution in [0.5, 0.6) is 0 Å². The molecule has 0 spiro atoms. The van der Waals surface area contributed by atoms with Gasteiger partial charge in [-0.05, 0) is 19.3 Å². The molecular formula is C22H50Li2O7. The standard InChI is InChI=1S/C14H20O7.8CH4.2Li/c1-3-4-9-10(14(20)21-13(9)19)6-5-8(12(17)18)7(2)11(15)16;;;;;;;;;;/h7-10H,3-6H2,1-2H3,(H,15,16)(H,17,18);8*1H4;;/q;;;;;;;;;2*+1/p-2. The van der Waals surface area contributed by atoms with Crippen molar-refractivity contribution >= 4 is 23.9 Å². The van der Waals surface area contributed by atoms with Crippen LogP contribution in [0.1, 0.15) is 98.9 Å². The number of rotatable bonds is 8. The van der Waals surface area contributed by atoms with E-state index in [1.807, 2.05) is 6.92 Å². The topological polar surface area (TPSA) is 124 Å². The third-order valence-corrected chi connectivity index (χ3v) is 3.96. The number of esters is 2. The van der Waals surface area contributed by atoms with Crippen LogP contribution in [0.3, 0.4) is 0 Å². The molecule has 1 rings (SSSR count). The van der Waals surface area contributed by atoms with Gasteiger partial charge in [-0.1, -0.05) is 79.7 Å². The number of carbonyl (C=O) groups is 4. The van der Waals surface area contributed by atoms with E-state index in [9.17, 15) is 29.4 Å². The Labute approximate surface area is 217 Å². The third kappa shape index (κ3) is 17.5. The second-order valence-corrected chi connectivity index (χ2v) is 5.35. The van der Waals surface area contributed by atoms with Crippen LogP contribution in [0.4, 0.5) is 0 Å². The summed E-state index contributed by atoms with van der Waals surface area (Å²) in [4.78, 5) is 44.9. The molecule has 1 fully saturated rings. The van der Waals surface area contributed by atoms with Crippen LogP contribution in [0.25, 0.3) is 0 Å². The summed E-state index contributed by atoms with van der Waals surface area (Å²) in [5, 5.41) is 21.8. The molecule has 9 heteroatoms. The van der Waals surface area contributed by atoms with E-state index in [4.69, 9.17) is 0 Å². The van der Waals surface area contributed by atoms with Gasteiger partial charge in [0.05, 0.1) is 11.8 Å². The minimum atomic E-state index is -1.50. The first-order valence-electron chi connectivity index (χ1n) is 6.96. The first-order chi connectivity index (χ1) is 9.79. The molecular weight excluding hydrogens is 390 g/mol. The maximum Gasteiger partial charge on any atom is 1.00 e. The van der Waals surface area contributed by atoms with E-state index < -0.39 is 47.5 Å². The fourth-order valence-corrected chi connectivity index (χ4v) is 2.62. The molecule has 0 saturated carbocycles.